The number of aromatic nitrogens is 5. The lowest BCUT2D eigenvalue weighted by atomic mass is 10.2. The summed E-state index contributed by atoms with van der Waals surface area (Å²) in [6.45, 7) is 0.583. The van der Waals surface area contributed by atoms with Crippen molar-refractivity contribution in [1.82, 2.24) is 25.2 Å². The van der Waals surface area contributed by atoms with Crippen LogP contribution in [0, 0.1) is 0 Å². The summed E-state index contributed by atoms with van der Waals surface area (Å²) in [6.07, 6.45) is 0. The number of para-hydroxylation sites is 1. The van der Waals surface area contributed by atoms with Gasteiger partial charge in [0.25, 0.3) is 0 Å². The van der Waals surface area contributed by atoms with Gasteiger partial charge in [-0.25, -0.2) is 9.78 Å². The molecule has 4 aromatic rings. The van der Waals surface area contributed by atoms with Crippen molar-refractivity contribution in [3.8, 4) is 5.69 Å². The molecule has 8 nitrogen and oxygen atoms in total. The normalized spacial score (nSPS) is 10.6. The Morgan fingerprint density at radius 2 is 1.82 bits per heavy atom. The molecular formula is C19H16N6O2S. The maximum Gasteiger partial charge on any atom is 0.358 e. The molecule has 0 spiro atoms. The molecule has 2 heterocycles. The van der Waals surface area contributed by atoms with Gasteiger partial charge in [-0.15, -0.1) is 16.4 Å². The average molecular weight is 392 g/mol. The third-order valence-electron chi connectivity index (χ3n) is 3.87. The Balaban J connectivity index is 1.35. The van der Waals surface area contributed by atoms with Crippen molar-refractivity contribution in [1.29, 1.82) is 0 Å². The Morgan fingerprint density at radius 1 is 1.07 bits per heavy atom. The quantitative estimate of drug-likeness (QED) is 0.483. The Bertz CT molecular complexity index is 1050. The van der Waals surface area contributed by atoms with E-state index in [0.29, 0.717) is 17.5 Å². The summed E-state index contributed by atoms with van der Waals surface area (Å²) in [4.78, 5) is 16.6. The van der Waals surface area contributed by atoms with E-state index in [0.717, 1.165) is 11.3 Å². The molecule has 2 aromatic heterocycles. The van der Waals surface area contributed by atoms with Crippen LogP contribution in [-0.4, -0.2) is 31.2 Å². The lowest BCUT2D eigenvalue weighted by molar-refractivity contribution is 0.0453. The van der Waals surface area contributed by atoms with E-state index >= 15 is 0 Å². The number of hydrogen-bond donors (Lipinski definition) is 1. The van der Waals surface area contributed by atoms with Crippen molar-refractivity contribution < 1.29 is 9.53 Å². The minimum atomic E-state index is -0.522. The van der Waals surface area contributed by atoms with E-state index in [4.69, 9.17) is 4.74 Å². The van der Waals surface area contributed by atoms with E-state index in [-0.39, 0.29) is 12.3 Å². The minimum Gasteiger partial charge on any atom is -0.453 e. The maximum atomic E-state index is 12.3. The molecular weight excluding hydrogens is 376 g/mol. The van der Waals surface area contributed by atoms with E-state index in [1.807, 2.05) is 60.7 Å². The Labute approximate surface area is 164 Å². The first-order valence-electron chi connectivity index (χ1n) is 8.53. The second-order valence-electron chi connectivity index (χ2n) is 5.80. The van der Waals surface area contributed by atoms with E-state index in [1.54, 1.807) is 5.38 Å². The molecule has 0 saturated heterocycles. The number of carbonyl (C=O) groups is 1. The van der Waals surface area contributed by atoms with Crippen LogP contribution in [-0.2, 0) is 17.9 Å². The highest BCUT2D eigenvalue weighted by molar-refractivity contribution is 7.13. The van der Waals surface area contributed by atoms with E-state index in [9.17, 15) is 4.79 Å². The van der Waals surface area contributed by atoms with Crippen LogP contribution < -0.4 is 5.32 Å². The number of rotatable bonds is 7. The van der Waals surface area contributed by atoms with Gasteiger partial charge in [0, 0.05) is 11.9 Å². The number of anilines is 1. The van der Waals surface area contributed by atoms with Gasteiger partial charge >= 0.3 is 5.97 Å². The zero-order valence-electron chi connectivity index (χ0n) is 14.7. The van der Waals surface area contributed by atoms with Gasteiger partial charge in [0.1, 0.15) is 0 Å². The van der Waals surface area contributed by atoms with Crippen molar-refractivity contribution in [3.05, 3.63) is 83.1 Å². The van der Waals surface area contributed by atoms with Gasteiger partial charge in [0.2, 0.25) is 0 Å². The number of esters is 1. The highest BCUT2D eigenvalue weighted by Crippen LogP contribution is 2.18. The van der Waals surface area contributed by atoms with Crippen molar-refractivity contribution in [3.63, 3.8) is 0 Å². The van der Waals surface area contributed by atoms with Crippen LogP contribution in [0.5, 0.6) is 0 Å². The van der Waals surface area contributed by atoms with Crippen LogP contribution in [0.1, 0.15) is 21.9 Å². The zero-order chi connectivity index (χ0) is 19.2. The molecule has 0 aliphatic rings. The lowest BCUT2D eigenvalue weighted by Gasteiger charge is -2.05. The summed E-state index contributed by atoms with van der Waals surface area (Å²) in [6, 6.07) is 19.4. The number of hydrogen-bond acceptors (Lipinski definition) is 8. The first kappa shape index (κ1) is 17.8. The Morgan fingerprint density at radius 3 is 2.61 bits per heavy atom. The number of benzene rings is 2. The summed E-state index contributed by atoms with van der Waals surface area (Å²) in [5.41, 5.74) is 2.17. The van der Waals surface area contributed by atoms with Crippen LogP contribution in [0.15, 0.2) is 66.0 Å². The van der Waals surface area contributed by atoms with Crippen LogP contribution in [0.4, 0.5) is 5.13 Å². The third kappa shape index (κ3) is 4.21. The topological polar surface area (TPSA) is 94.8 Å². The van der Waals surface area contributed by atoms with Gasteiger partial charge in [0.05, 0.1) is 5.69 Å². The molecule has 0 bridgehead atoms. The Hall–Kier alpha value is -3.59. The van der Waals surface area contributed by atoms with Gasteiger partial charge in [0.15, 0.2) is 23.3 Å². The van der Waals surface area contributed by atoms with Crippen LogP contribution in [0.25, 0.3) is 5.69 Å². The molecule has 0 atom stereocenters. The predicted octanol–water partition coefficient (Wildman–Crippen LogP) is 3.09. The van der Waals surface area contributed by atoms with Crippen LogP contribution in [0.3, 0.4) is 0 Å². The molecule has 9 heteroatoms. The fraction of sp³-hybridized carbons (Fsp3) is 0.105. The molecule has 0 unspecified atom stereocenters. The van der Waals surface area contributed by atoms with E-state index in [1.165, 1.54) is 16.0 Å². The van der Waals surface area contributed by atoms with Crippen LogP contribution >= 0.6 is 11.3 Å². The average Bonchev–Trinajstić information content (AvgIpc) is 3.41. The summed E-state index contributed by atoms with van der Waals surface area (Å²) in [5, 5.41) is 17.0. The minimum absolute atomic E-state index is 0.0506. The molecule has 2 aromatic carbocycles. The molecule has 0 saturated carbocycles. The molecule has 4 rings (SSSR count). The molecule has 0 radical (unpaired) electrons. The summed E-state index contributed by atoms with van der Waals surface area (Å²) >= 11 is 1.35. The largest absolute Gasteiger partial charge is 0.453 e. The SMILES string of the molecule is O=C(OCc1nnnn1-c1ccccc1)c1csc(NCc2ccccc2)n1. The number of tetrazole rings is 1. The van der Waals surface area contributed by atoms with Gasteiger partial charge in [-0.2, -0.15) is 4.68 Å². The molecule has 0 amide bonds. The molecule has 0 aliphatic carbocycles. The predicted molar refractivity (Wildman–Crippen MR) is 104 cm³/mol. The maximum absolute atomic E-state index is 12.3. The highest BCUT2D eigenvalue weighted by Gasteiger charge is 2.15. The standard InChI is InChI=1S/C19H16N6O2S/c26-18(16-13-28-19(21-16)20-11-14-7-3-1-4-8-14)27-12-17-22-23-24-25(17)15-9-5-2-6-10-15/h1-10,13H,11-12H2,(H,20,21). The van der Waals surface area contributed by atoms with Crippen molar-refractivity contribution in [2.24, 2.45) is 0 Å². The van der Waals surface area contributed by atoms with Gasteiger partial charge in [-0.1, -0.05) is 48.5 Å². The molecule has 28 heavy (non-hydrogen) atoms. The fourth-order valence-corrected chi connectivity index (χ4v) is 3.17. The molecule has 140 valence electrons. The number of thiazole rings is 1. The van der Waals surface area contributed by atoms with E-state index < -0.39 is 5.97 Å². The Kier molecular flexibility index (Phi) is 5.34. The number of nitrogens with zero attached hydrogens (tertiary/aromatic N) is 5. The van der Waals surface area contributed by atoms with Gasteiger partial charge in [-0.3, -0.25) is 0 Å². The summed E-state index contributed by atoms with van der Waals surface area (Å²) in [7, 11) is 0. The summed E-state index contributed by atoms with van der Waals surface area (Å²) < 4.78 is 6.85. The van der Waals surface area contributed by atoms with Gasteiger partial charge < -0.3 is 10.1 Å². The lowest BCUT2D eigenvalue weighted by Crippen LogP contribution is -2.10. The van der Waals surface area contributed by atoms with Crippen molar-refractivity contribution in [2.45, 2.75) is 13.2 Å². The monoisotopic (exact) mass is 392 g/mol. The first-order chi connectivity index (χ1) is 13.8. The smallest absolute Gasteiger partial charge is 0.358 e. The van der Waals surface area contributed by atoms with Gasteiger partial charge in [-0.05, 0) is 28.1 Å². The third-order valence-corrected chi connectivity index (χ3v) is 4.67. The van der Waals surface area contributed by atoms with E-state index in [2.05, 4.69) is 25.8 Å². The zero-order valence-corrected chi connectivity index (χ0v) is 15.5. The fourth-order valence-electron chi connectivity index (χ4n) is 2.49. The number of ether oxygens (including phenoxy) is 1. The second kappa shape index (κ2) is 8.40. The molecule has 0 fully saturated rings. The highest BCUT2D eigenvalue weighted by atomic mass is 32.1. The molecule has 0 aliphatic heterocycles. The molecule has 1 N–H and O–H groups in total. The number of nitrogens with one attached hydrogen (secondary N) is 1. The van der Waals surface area contributed by atoms with Crippen molar-refractivity contribution in [2.75, 3.05) is 5.32 Å². The first-order valence-corrected chi connectivity index (χ1v) is 9.41. The number of carbonyl (C=O) groups excluding carboxylic acids is 1. The van der Waals surface area contributed by atoms with Crippen LogP contribution in [0.2, 0.25) is 0 Å². The van der Waals surface area contributed by atoms with Crippen molar-refractivity contribution >= 4 is 22.4 Å². The summed E-state index contributed by atoms with van der Waals surface area (Å²) in [5.74, 6) is -0.0937. The second-order valence-corrected chi connectivity index (χ2v) is 6.65.